The van der Waals surface area contributed by atoms with Crippen LogP contribution in [-0.2, 0) is 14.3 Å². The van der Waals surface area contributed by atoms with Crippen LogP contribution >= 0.6 is 0 Å². The molecule has 2 rings (SSSR count). The van der Waals surface area contributed by atoms with Gasteiger partial charge in [0.2, 0.25) is 0 Å². The normalized spacial score (nSPS) is 35.4. The van der Waals surface area contributed by atoms with Crippen molar-refractivity contribution < 1.29 is 19.4 Å². The Morgan fingerprint density at radius 2 is 2.05 bits per heavy atom. The first-order chi connectivity index (χ1) is 9.01. The minimum Gasteiger partial charge on any atom is -0.481 e. The van der Waals surface area contributed by atoms with Gasteiger partial charge >= 0.3 is 5.97 Å². The number of nitrogens with zero attached hydrogens (tertiary/aromatic N) is 1. The van der Waals surface area contributed by atoms with E-state index in [0.717, 1.165) is 19.3 Å². The third-order valence-corrected chi connectivity index (χ3v) is 4.16. The summed E-state index contributed by atoms with van der Waals surface area (Å²) in [5, 5.41) is 9.13. The number of aliphatic carboxylic acids is 1. The number of carbonyl (C=O) groups excluding carboxylic acids is 1. The lowest BCUT2D eigenvalue weighted by Crippen LogP contribution is -2.49. The molecule has 0 spiro atoms. The first-order valence-electron chi connectivity index (χ1n) is 7.18. The molecule has 0 aromatic heterocycles. The highest BCUT2D eigenvalue weighted by molar-refractivity contribution is 5.82. The highest BCUT2D eigenvalue weighted by atomic mass is 16.5. The number of hydrogen-bond acceptors (Lipinski definition) is 3. The number of hydrogen-bond donors (Lipinski definition) is 1. The van der Waals surface area contributed by atoms with Gasteiger partial charge in [-0.2, -0.15) is 0 Å². The van der Waals surface area contributed by atoms with Crippen molar-refractivity contribution >= 4 is 11.9 Å². The first-order valence-corrected chi connectivity index (χ1v) is 7.18. The molecule has 0 radical (unpaired) electrons. The molecule has 4 unspecified atom stereocenters. The van der Waals surface area contributed by atoms with E-state index in [-0.39, 0.29) is 24.0 Å². The van der Waals surface area contributed by atoms with Crippen LogP contribution < -0.4 is 0 Å². The molecule has 0 aromatic carbocycles. The molecule has 2 fully saturated rings. The molecule has 4 atom stereocenters. The Morgan fingerprint density at radius 3 is 2.63 bits per heavy atom. The number of rotatable bonds is 3. The Balaban J connectivity index is 1.96. The van der Waals surface area contributed by atoms with Crippen LogP contribution in [0.2, 0.25) is 0 Å². The van der Waals surface area contributed by atoms with Crippen LogP contribution in [0.1, 0.15) is 39.5 Å². The lowest BCUT2D eigenvalue weighted by molar-refractivity contribution is -0.151. The number of ether oxygens (including phenoxy) is 1. The molecule has 108 valence electrons. The molecule has 0 saturated carbocycles. The van der Waals surface area contributed by atoms with Crippen molar-refractivity contribution in [2.75, 3.05) is 13.1 Å². The summed E-state index contributed by atoms with van der Waals surface area (Å²) in [6.45, 7) is 5.04. The number of carboxylic acid groups (broad SMARTS) is 1. The number of amides is 1. The van der Waals surface area contributed by atoms with Gasteiger partial charge in [0.1, 0.15) is 6.10 Å². The third kappa shape index (κ3) is 3.26. The fraction of sp³-hybridized carbons (Fsp3) is 0.857. The fourth-order valence-electron chi connectivity index (χ4n) is 3.10. The van der Waals surface area contributed by atoms with Crippen molar-refractivity contribution in [3.05, 3.63) is 0 Å². The van der Waals surface area contributed by atoms with Gasteiger partial charge in [-0.3, -0.25) is 9.59 Å². The molecular weight excluding hydrogens is 246 g/mol. The Kier molecular flexibility index (Phi) is 4.45. The molecule has 5 nitrogen and oxygen atoms in total. The maximum atomic E-state index is 12.4. The quantitative estimate of drug-likeness (QED) is 0.843. The molecule has 0 bridgehead atoms. The van der Waals surface area contributed by atoms with Crippen LogP contribution in [0.4, 0.5) is 0 Å². The standard InChI is InChI=1S/C14H23NO4/c1-3-11-4-5-12(19-11)13(16)15-7-9(2)6-10(8-15)14(17)18/h9-12H,3-8H2,1-2H3,(H,17,18). The zero-order valence-corrected chi connectivity index (χ0v) is 11.7. The van der Waals surface area contributed by atoms with E-state index in [4.69, 9.17) is 9.84 Å². The number of piperidine rings is 1. The summed E-state index contributed by atoms with van der Waals surface area (Å²) in [4.78, 5) is 25.2. The van der Waals surface area contributed by atoms with Gasteiger partial charge < -0.3 is 14.7 Å². The SMILES string of the molecule is CCC1CCC(C(=O)N2CC(C)CC(C(=O)O)C2)O1. The lowest BCUT2D eigenvalue weighted by Gasteiger charge is -2.35. The molecule has 2 heterocycles. The monoisotopic (exact) mass is 269 g/mol. The van der Waals surface area contributed by atoms with Crippen LogP contribution in [0.3, 0.4) is 0 Å². The second-order valence-corrected chi connectivity index (χ2v) is 5.85. The summed E-state index contributed by atoms with van der Waals surface area (Å²) >= 11 is 0. The smallest absolute Gasteiger partial charge is 0.308 e. The van der Waals surface area contributed by atoms with Crippen LogP contribution in [0, 0.1) is 11.8 Å². The lowest BCUT2D eigenvalue weighted by atomic mass is 9.90. The van der Waals surface area contributed by atoms with Crippen molar-refractivity contribution in [3.63, 3.8) is 0 Å². The molecule has 2 saturated heterocycles. The first kappa shape index (κ1) is 14.3. The minimum absolute atomic E-state index is 0.0197. The Labute approximate surface area is 113 Å². The number of carboxylic acids is 1. The summed E-state index contributed by atoms with van der Waals surface area (Å²) < 4.78 is 5.72. The van der Waals surface area contributed by atoms with E-state index in [1.807, 2.05) is 6.92 Å². The van der Waals surface area contributed by atoms with E-state index >= 15 is 0 Å². The summed E-state index contributed by atoms with van der Waals surface area (Å²) in [6.07, 6.45) is 3.11. The average Bonchev–Trinajstić information content (AvgIpc) is 2.85. The largest absolute Gasteiger partial charge is 0.481 e. The maximum absolute atomic E-state index is 12.4. The van der Waals surface area contributed by atoms with E-state index in [1.54, 1.807) is 4.90 Å². The van der Waals surface area contributed by atoms with Crippen molar-refractivity contribution in [2.24, 2.45) is 11.8 Å². The van der Waals surface area contributed by atoms with Crippen LogP contribution in [-0.4, -0.2) is 47.2 Å². The van der Waals surface area contributed by atoms with Crippen LogP contribution in [0.5, 0.6) is 0 Å². The van der Waals surface area contributed by atoms with E-state index in [2.05, 4.69) is 6.92 Å². The molecule has 2 aliphatic rings. The van der Waals surface area contributed by atoms with Gasteiger partial charge in [-0.1, -0.05) is 13.8 Å². The zero-order valence-electron chi connectivity index (χ0n) is 11.7. The minimum atomic E-state index is -0.803. The van der Waals surface area contributed by atoms with Crippen LogP contribution in [0.25, 0.3) is 0 Å². The van der Waals surface area contributed by atoms with Gasteiger partial charge in [-0.15, -0.1) is 0 Å². The molecule has 5 heteroatoms. The summed E-state index contributed by atoms with van der Waals surface area (Å²) in [5.41, 5.74) is 0. The van der Waals surface area contributed by atoms with Crippen LogP contribution in [0.15, 0.2) is 0 Å². The topological polar surface area (TPSA) is 66.8 Å². The van der Waals surface area contributed by atoms with Gasteiger partial charge in [0.15, 0.2) is 0 Å². The average molecular weight is 269 g/mol. The van der Waals surface area contributed by atoms with Gasteiger partial charge in [0.05, 0.1) is 12.0 Å². The highest BCUT2D eigenvalue weighted by Gasteiger charge is 2.37. The second-order valence-electron chi connectivity index (χ2n) is 5.85. The van der Waals surface area contributed by atoms with Gasteiger partial charge in [0.25, 0.3) is 5.91 Å². The summed E-state index contributed by atoms with van der Waals surface area (Å²) in [7, 11) is 0. The van der Waals surface area contributed by atoms with E-state index in [9.17, 15) is 9.59 Å². The molecule has 0 aliphatic carbocycles. The van der Waals surface area contributed by atoms with Gasteiger partial charge in [-0.05, 0) is 31.6 Å². The predicted octanol–water partition coefficient (Wildman–Crippen LogP) is 1.51. The van der Waals surface area contributed by atoms with Gasteiger partial charge in [-0.25, -0.2) is 0 Å². The molecule has 1 N–H and O–H groups in total. The Bertz CT molecular complexity index is 357. The summed E-state index contributed by atoms with van der Waals surface area (Å²) in [6, 6.07) is 0. The maximum Gasteiger partial charge on any atom is 0.308 e. The van der Waals surface area contributed by atoms with Crippen molar-refractivity contribution in [2.45, 2.75) is 51.7 Å². The Morgan fingerprint density at radius 1 is 1.32 bits per heavy atom. The highest BCUT2D eigenvalue weighted by Crippen LogP contribution is 2.27. The predicted molar refractivity (Wildman–Crippen MR) is 69.7 cm³/mol. The molecule has 19 heavy (non-hydrogen) atoms. The molecule has 2 aliphatic heterocycles. The molecule has 0 aromatic rings. The van der Waals surface area contributed by atoms with Crippen molar-refractivity contribution in [1.82, 2.24) is 4.90 Å². The zero-order chi connectivity index (χ0) is 14.0. The van der Waals surface area contributed by atoms with E-state index < -0.39 is 11.9 Å². The fourth-order valence-corrected chi connectivity index (χ4v) is 3.10. The van der Waals surface area contributed by atoms with Crippen molar-refractivity contribution in [3.8, 4) is 0 Å². The Hall–Kier alpha value is -1.10. The summed E-state index contributed by atoms with van der Waals surface area (Å²) in [5.74, 6) is -1.02. The molecule has 1 amide bonds. The van der Waals surface area contributed by atoms with Gasteiger partial charge in [0, 0.05) is 13.1 Å². The second kappa shape index (κ2) is 5.90. The van der Waals surface area contributed by atoms with Crippen molar-refractivity contribution in [1.29, 1.82) is 0 Å². The number of likely N-dealkylation sites (tertiary alicyclic amines) is 1. The molecular formula is C14H23NO4. The van der Waals surface area contributed by atoms with E-state index in [0.29, 0.717) is 19.5 Å². The van der Waals surface area contributed by atoms with E-state index in [1.165, 1.54) is 0 Å². The third-order valence-electron chi connectivity index (χ3n) is 4.16. The number of carbonyl (C=O) groups is 2.